The maximum absolute atomic E-state index is 4.62. The number of hydrogen-bond donors (Lipinski definition) is 2. The maximum Gasteiger partial charge on any atom is 0.191 e. The van der Waals surface area contributed by atoms with E-state index >= 15 is 0 Å². The lowest BCUT2D eigenvalue weighted by atomic mass is 10.4. The molecule has 2 heterocycles. The van der Waals surface area contributed by atoms with Crippen LogP contribution < -0.4 is 10.6 Å². The minimum absolute atomic E-state index is 0.585. The van der Waals surface area contributed by atoms with Crippen molar-refractivity contribution in [2.45, 2.75) is 52.2 Å². The van der Waals surface area contributed by atoms with Crippen molar-refractivity contribution in [3.63, 3.8) is 0 Å². The van der Waals surface area contributed by atoms with Crippen molar-refractivity contribution >= 4 is 5.96 Å². The van der Waals surface area contributed by atoms with Crippen molar-refractivity contribution in [3.8, 4) is 0 Å². The molecule has 1 aromatic heterocycles. The van der Waals surface area contributed by atoms with E-state index in [2.05, 4.69) is 44.2 Å². The molecule has 0 amide bonds. The zero-order valence-electron chi connectivity index (χ0n) is 11.7. The lowest BCUT2D eigenvalue weighted by Crippen LogP contribution is -2.39. The van der Waals surface area contributed by atoms with E-state index in [-0.39, 0.29) is 0 Å². The summed E-state index contributed by atoms with van der Waals surface area (Å²) in [5.41, 5.74) is 0. The minimum Gasteiger partial charge on any atom is -0.357 e. The Balaban J connectivity index is 1.64. The summed E-state index contributed by atoms with van der Waals surface area (Å²) >= 11 is 0. The van der Waals surface area contributed by atoms with Crippen molar-refractivity contribution in [1.29, 1.82) is 0 Å². The van der Waals surface area contributed by atoms with Gasteiger partial charge < -0.3 is 15.2 Å². The number of aromatic nitrogens is 3. The van der Waals surface area contributed by atoms with E-state index in [9.17, 15) is 0 Å². The van der Waals surface area contributed by atoms with Crippen LogP contribution in [-0.2, 0) is 19.5 Å². The number of aliphatic imine (C=N–C) groups is 1. The largest absolute Gasteiger partial charge is 0.357 e. The summed E-state index contributed by atoms with van der Waals surface area (Å²) in [7, 11) is 0. The second-order valence-corrected chi connectivity index (χ2v) is 5.45. The Labute approximate surface area is 113 Å². The molecule has 2 N–H and O–H groups in total. The number of nitrogens with one attached hydrogen (secondary N) is 2. The van der Waals surface area contributed by atoms with Crippen LogP contribution in [0, 0.1) is 5.92 Å². The van der Waals surface area contributed by atoms with Crippen LogP contribution in [0.25, 0.3) is 0 Å². The van der Waals surface area contributed by atoms with Gasteiger partial charge in [-0.15, -0.1) is 10.2 Å². The summed E-state index contributed by atoms with van der Waals surface area (Å²) in [5.74, 6) is 3.75. The van der Waals surface area contributed by atoms with E-state index in [0.29, 0.717) is 12.6 Å². The first-order valence-electron chi connectivity index (χ1n) is 7.23. The topological polar surface area (TPSA) is 67.1 Å². The molecule has 2 aliphatic rings. The number of rotatable bonds is 4. The predicted octanol–water partition coefficient (Wildman–Crippen LogP) is 0.688. The summed E-state index contributed by atoms with van der Waals surface area (Å²) in [6, 6.07) is 0.585. The number of fused-ring (bicyclic) bond motifs is 1. The molecule has 1 aliphatic heterocycles. The highest BCUT2D eigenvalue weighted by Crippen LogP contribution is 2.28. The first-order valence-corrected chi connectivity index (χ1v) is 7.23. The molecule has 0 spiro atoms. The van der Waals surface area contributed by atoms with E-state index in [1.54, 1.807) is 0 Å². The predicted molar refractivity (Wildman–Crippen MR) is 73.9 cm³/mol. The Hall–Kier alpha value is -1.59. The first kappa shape index (κ1) is 12.4. The molecule has 1 aromatic rings. The molecule has 19 heavy (non-hydrogen) atoms. The van der Waals surface area contributed by atoms with Crippen LogP contribution in [0.3, 0.4) is 0 Å². The van der Waals surface area contributed by atoms with Crippen molar-refractivity contribution < 1.29 is 0 Å². The fourth-order valence-corrected chi connectivity index (χ4v) is 2.50. The van der Waals surface area contributed by atoms with E-state index < -0.39 is 0 Å². The van der Waals surface area contributed by atoms with Gasteiger partial charge in [-0.25, -0.2) is 4.99 Å². The van der Waals surface area contributed by atoms with Gasteiger partial charge in [-0.3, -0.25) is 0 Å². The Bertz CT molecular complexity index is 477. The monoisotopic (exact) mass is 262 g/mol. The molecule has 1 aliphatic carbocycles. The van der Waals surface area contributed by atoms with Crippen LogP contribution in [0.5, 0.6) is 0 Å². The summed E-state index contributed by atoms with van der Waals surface area (Å²) < 4.78 is 2.20. The van der Waals surface area contributed by atoms with Gasteiger partial charge in [0, 0.05) is 25.6 Å². The number of nitrogens with zero attached hydrogens (tertiary/aromatic N) is 4. The fourth-order valence-electron chi connectivity index (χ4n) is 2.50. The number of guanidine groups is 1. The second-order valence-electron chi connectivity index (χ2n) is 5.45. The van der Waals surface area contributed by atoms with E-state index in [0.717, 1.165) is 43.0 Å². The minimum atomic E-state index is 0.585. The van der Waals surface area contributed by atoms with E-state index in [1.165, 1.54) is 12.8 Å². The second kappa shape index (κ2) is 5.19. The smallest absolute Gasteiger partial charge is 0.191 e. The highest BCUT2D eigenvalue weighted by atomic mass is 15.3. The van der Waals surface area contributed by atoms with E-state index in [4.69, 9.17) is 0 Å². The van der Waals surface area contributed by atoms with Gasteiger partial charge in [0.25, 0.3) is 0 Å². The Kier molecular flexibility index (Phi) is 3.40. The normalized spacial score (nSPS) is 25.3. The molecule has 2 unspecified atom stereocenters. The molecule has 104 valence electrons. The zero-order chi connectivity index (χ0) is 13.2. The molecule has 3 rings (SSSR count). The Morgan fingerprint density at radius 1 is 1.47 bits per heavy atom. The molecule has 1 saturated carbocycles. The SMILES string of the molecule is CCNC(=NCc1nnc2n1CCC2)NC1CC1C. The lowest BCUT2D eigenvalue weighted by Gasteiger charge is -2.10. The van der Waals surface area contributed by atoms with Gasteiger partial charge >= 0.3 is 0 Å². The number of aryl methyl sites for hydroxylation is 1. The summed E-state index contributed by atoms with van der Waals surface area (Å²) in [4.78, 5) is 4.62. The Morgan fingerprint density at radius 3 is 3.05 bits per heavy atom. The van der Waals surface area contributed by atoms with Crippen LogP contribution in [0.2, 0.25) is 0 Å². The van der Waals surface area contributed by atoms with Gasteiger partial charge in [0.05, 0.1) is 0 Å². The van der Waals surface area contributed by atoms with Crippen molar-refractivity contribution in [2.75, 3.05) is 6.54 Å². The molecule has 0 aromatic carbocycles. The first-order chi connectivity index (χ1) is 9.28. The summed E-state index contributed by atoms with van der Waals surface area (Å²) in [6.45, 7) is 6.86. The maximum atomic E-state index is 4.62. The van der Waals surface area contributed by atoms with Gasteiger partial charge in [-0.1, -0.05) is 6.92 Å². The van der Waals surface area contributed by atoms with Crippen LogP contribution in [0.15, 0.2) is 4.99 Å². The molecular weight excluding hydrogens is 240 g/mol. The standard InChI is InChI=1S/C13H22N6/c1-3-14-13(16-10-7-9(10)2)15-8-12-18-17-11-5-4-6-19(11)12/h9-10H,3-8H2,1-2H3,(H2,14,15,16). The highest BCUT2D eigenvalue weighted by Gasteiger charge is 2.33. The molecule has 0 saturated heterocycles. The van der Waals surface area contributed by atoms with Crippen molar-refractivity contribution in [1.82, 2.24) is 25.4 Å². The van der Waals surface area contributed by atoms with Gasteiger partial charge in [0.2, 0.25) is 0 Å². The molecular formula is C13H22N6. The molecule has 1 fully saturated rings. The van der Waals surface area contributed by atoms with Gasteiger partial charge in [0.15, 0.2) is 11.8 Å². The Morgan fingerprint density at radius 2 is 2.32 bits per heavy atom. The molecule has 0 radical (unpaired) electrons. The van der Waals surface area contributed by atoms with Crippen LogP contribution in [0.1, 0.15) is 38.3 Å². The fraction of sp³-hybridized carbons (Fsp3) is 0.769. The zero-order valence-corrected chi connectivity index (χ0v) is 11.7. The molecule has 2 atom stereocenters. The third kappa shape index (κ3) is 2.72. The van der Waals surface area contributed by atoms with Crippen LogP contribution >= 0.6 is 0 Å². The van der Waals surface area contributed by atoms with Crippen molar-refractivity contribution in [3.05, 3.63) is 11.6 Å². The van der Waals surface area contributed by atoms with Gasteiger partial charge in [0.1, 0.15) is 12.4 Å². The quantitative estimate of drug-likeness (QED) is 0.619. The summed E-state index contributed by atoms with van der Waals surface area (Å²) in [5, 5.41) is 15.2. The third-order valence-electron chi connectivity index (χ3n) is 3.84. The average molecular weight is 262 g/mol. The van der Waals surface area contributed by atoms with Crippen LogP contribution in [-0.4, -0.2) is 33.3 Å². The van der Waals surface area contributed by atoms with E-state index in [1.807, 2.05) is 0 Å². The molecule has 6 heteroatoms. The average Bonchev–Trinajstić information content (AvgIpc) is 2.82. The third-order valence-corrected chi connectivity index (χ3v) is 3.84. The van der Waals surface area contributed by atoms with Crippen molar-refractivity contribution in [2.24, 2.45) is 10.9 Å². The lowest BCUT2D eigenvalue weighted by molar-refractivity contribution is 0.682. The van der Waals surface area contributed by atoms with Gasteiger partial charge in [-0.2, -0.15) is 0 Å². The molecule has 0 bridgehead atoms. The highest BCUT2D eigenvalue weighted by molar-refractivity contribution is 5.80. The number of hydrogen-bond acceptors (Lipinski definition) is 3. The summed E-state index contributed by atoms with van der Waals surface area (Å²) in [6.07, 6.45) is 3.47. The van der Waals surface area contributed by atoms with Gasteiger partial charge in [-0.05, 0) is 25.7 Å². The molecule has 6 nitrogen and oxygen atoms in total. The van der Waals surface area contributed by atoms with Crippen LogP contribution in [0.4, 0.5) is 0 Å².